The Hall–Kier alpha value is -2.94. The van der Waals surface area contributed by atoms with Crippen LogP contribution < -0.4 is 19.5 Å². The number of hydrogen-bond donors (Lipinski definition) is 3. The van der Waals surface area contributed by atoms with Gasteiger partial charge in [0.2, 0.25) is 10.0 Å². The van der Waals surface area contributed by atoms with Crippen molar-refractivity contribution in [3.63, 3.8) is 0 Å². The highest BCUT2D eigenvalue weighted by atomic mass is 32.2. The highest BCUT2D eigenvalue weighted by molar-refractivity contribution is 7.89. The summed E-state index contributed by atoms with van der Waals surface area (Å²) < 4.78 is 63.3. The maximum absolute atomic E-state index is 13.6. The normalized spacial score (nSPS) is 24.2. The van der Waals surface area contributed by atoms with Gasteiger partial charge in [0.25, 0.3) is 0 Å². The van der Waals surface area contributed by atoms with Crippen LogP contribution in [0.2, 0.25) is 0 Å². The molecular weight excluding hydrogens is 580 g/mol. The van der Waals surface area contributed by atoms with Crippen LogP contribution in [0.1, 0.15) is 37.7 Å². The second-order valence-electron chi connectivity index (χ2n) is 11.0. The number of methoxy groups -OCH3 is 2. The summed E-state index contributed by atoms with van der Waals surface area (Å²) in [6.45, 7) is 0.750. The van der Waals surface area contributed by atoms with E-state index in [2.05, 4.69) is 10.0 Å². The fourth-order valence-corrected chi connectivity index (χ4v) is 6.97. The van der Waals surface area contributed by atoms with Gasteiger partial charge in [-0.1, -0.05) is 43.2 Å². The van der Waals surface area contributed by atoms with E-state index in [1.807, 2.05) is 30.3 Å². The lowest BCUT2D eigenvalue weighted by atomic mass is 10.00. The fourth-order valence-electron chi connectivity index (χ4n) is 5.82. The topological polar surface area (TPSA) is 151 Å². The average molecular weight is 621 g/mol. The molecule has 3 aliphatic rings. The molecule has 3 fully saturated rings. The highest BCUT2D eigenvalue weighted by Gasteiger charge is 2.44. The molecule has 1 aliphatic carbocycles. The summed E-state index contributed by atoms with van der Waals surface area (Å²) in [6, 6.07) is 12.5. The van der Waals surface area contributed by atoms with Crippen molar-refractivity contribution in [2.75, 3.05) is 27.4 Å². The zero-order valence-corrected chi connectivity index (χ0v) is 25.2. The van der Waals surface area contributed by atoms with E-state index in [1.54, 1.807) is 0 Å². The second-order valence-corrected chi connectivity index (χ2v) is 12.7. The standard InChI is InChI=1S/C30H40N2O10S/c1-37-24-13-12-21(17-25(24)38-2)43(35,36)32-28(41-20-10-6-7-11-20)27(33)23(16-19-8-4-3-5-9-19)31-30(34)42-26-18-40-29-22(26)14-15-39-29/h3-5,8-9,12-13,17,20,22-23,26-29,32-33H,6-7,10-11,14-16,18H2,1-2H3,(H,31,34)/t22-,23-,26-,27+,28?,29+/m0/s1. The van der Waals surface area contributed by atoms with Crippen molar-refractivity contribution in [2.45, 2.75) is 80.3 Å². The first-order valence-corrected chi connectivity index (χ1v) is 16.1. The van der Waals surface area contributed by atoms with Gasteiger partial charge in [-0.25, -0.2) is 13.2 Å². The molecular formula is C30H40N2O10S. The number of alkyl carbamates (subject to hydrolysis) is 1. The number of ether oxygens (including phenoxy) is 6. The Balaban J connectivity index is 1.37. The smallest absolute Gasteiger partial charge is 0.407 e. The van der Waals surface area contributed by atoms with Gasteiger partial charge in [-0.05, 0) is 43.4 Å². The molecule has 13 heteroatoms. The van der Waals surface area contributed by atoms with Gasteiger partial charge >= 0.3 is 6.09 Å². The molecule has 3 N–H and O–H groups in total. The number of aliphatic hydroxyl groups is 1. The van der Waals surface area contributed by atoms with Gasteiger partial charge in [0.15, 0.2) is 17.8 Å². The van der Waals surface area contributed by atoms with E-state index in [1.165, 1.54) is 32.4 Å². The van der Waals surface area contributed by atoms with Crippen LogP contribution in [0.15, 0.2) is 53.4 Å². The number of fused-ring (bicyclic) bond motifs is 1. The van der Waals surface area contributed by atoms with Crippen molar-refractivity contribution in [3.8, 4) is 11.5 Å². The van der Waals surface area contributed by atoms with Crippen LogP contribution >= 0.6 is 0 Å². The maximum Gasteiger partial charge on any atom is 0.407 e. The summed E-state index contributed by atoms with van der Waals surface area (Å²) in [5.74, 6) is 0.542. The van der Waals surface area contributed by atoms with Crippen LogP contribution in [-0.4, -0.2) is 83.9 Å². The van der Waals surface area contributed by atoms with Gasteiger partial charge < -0.3 is 38.8 Å². The van der Waals surface area contributed by atoms with E-state index >= 15 is 0 Å². The molecule has 0 radical (unpaired) electrons. The second kappa shape index (κ2) is 14.2. The van der Waals surface area contributed by atoms with Gasteiger partial charge in [-0.3, -0.25) is 0 Å². The van der Waals surface area contributed by atoms with Gasteiger partial charge in [0.05, 0.1) is 50.4 Å². The van der Waals surface area contributed by atoms with Crippen LogP contribution in [0.4, 0.5) is 4.79 Å². The van der Waals surface area contributed by atoms with Crippen LogP contribution in [0, 0.1) is 5.92 Å². The molecule has 1 unspecified atom stereocenters. The van der Waals surface area contributed by atoms with E-state index in [-0.39, 0.29) is 35.7 Å². The number of nitrogens with one attached hydrogen (secondary N) is 2. The van der Waals surface area contributed by atoms with Gasteiger partial charge in [0.1, 0.15) is 18.4 Å². The van der Waals surface area contributed by atoms with E-state index in [4.69, 9.17) is 28.4 Å². The molecule has 2 aromatic rings. The molecule has 6 atom stereocenters. The van der Waals surface area contributed by atoms with Gasteiger partial charge in [-0.15, -0.1) is 0 Å². The van der Waals surface area contributed by atoms with Crippen LogP contribution in [0.5, 0.6) is 11.5 Å². The minimum absolute atomic E-state index is 0.0602. The molecule has 5 rings (SSSR count). The molecule has 2 aliphatic heterocycles. The molecule has 236 valence electrons. The van der Waals surface area contributed by atoms with Crippen molar-refractivity contribution in [1.82, 2.24) is 10.0 Å². The zero-order valence-electron chi connectivity index (χ0n) is 24.3. The largest absolute Gasteiger partial charge is 0.493 e. The third-order valence-electron chi connectivity index (χ3n) is 8.15. The predicted octanol–water partition coefficient (Wildman–Crippen LogP) is 2.73. The molecule has 1 saturated carbocycles. The lowest BCUT2D eigenvalue weighted by Crippen LogP contribution is -2.57. The molecule has 0 bridgehead atoms. The van der Waals surface area contributed by atoms with E-state index in [0.29, 0.717) is 18.8 Å². The first-order chi connectivity index (χ1) is 20.8. The summed E-state index contributed by atoms with van der Waals surface area (Å²) in [6.07, 6.45) is -0.511. The molecule has 12 nitrogen and oxygen atoms in total. The summed E-state index contributed by atoms with van der Waals surface area (Å²) in [7, 11) is -1.35. The van der Waals surface area contributed by atoms with E-state index in [9.17, 15) is 18.3 Å². The molecule has 2 heterocycles. The van der Waals surface area contributed by atoms with Crippen molar-refractivity contribution in [1.29, 1.82) is 0 Å². The Kier molecular flexibility index (Phi) is 10.4. The number of aliphatic hydroxyl groups excluding tert-OH is 1. The molecule has 2 aromatic carbocycles. The molecule has 43 heavy (non-hydrogen) atoms. The average Bonchev–Trinajstić information content (AvgIpc) is 3.77. The molecule has 1 amide bonds. The summed E-state index contributed by atoms with van der Waals surface area (Å²) in [4.78, 5) is 13.1. The number of amides is 1. The Labute approximate surface area is 252 Å². The number of carbonyl (C=O) groups excluding carboxylic acids is 1. The van der Waals surface area contributed by atoms with Crippen molar-refractivity contribution >= 4 is 16.1 Å². The lowest BCUT2D eigenvalue weighted by Gasteiger charge is -2.33. The predicted molar refractivity (Wildman–Crippen MR) is 154 cm³/mol. The quantitative estimate of drug-likeness (QED) is 0.285. The van der Waals surface area contributed by atoms with Crippen LogP contribution in [0.3, 0.4) is 0 Å². The Morgan fingerprint density at radius 1 is 1.02 bits per heavy atom. The molecule has 0 aromatic heterocycles. The van der Waals surface area contributed by atoms with Crippen LogP contribution in [-0.2, 0) is 35.4 Å². The number of sulfonamides is 1. The van der Waals surface area contributed by atoms with E-state index in [0.717, 1.165) is 31.2 Å². The maximum atomic E-state index is 13.6. The number of rotatable bonds is 13. The Morgan fingerprint density at radius 3 is 2.49 bits per heavy atom. The fraction of sp³-hybridized carbons (Fsp3) is 0.567. The minimum Gasteiger partial charge on any atom is -0.493 e. The first-order valence-electron chi connectivity index (χ1n) is 14.6. The number of benzene rings is 2. The third kappa shape index (κ3) is 7.78. The summed E-state index contributed by atoms with van der Waals surface area (Å²) >= 11 is 0. The van der Waals surface area contributed by atoms with Crippen molar-refractivity contribution in [2.24, 2.45) is 5.92 Å². The third-order valence-corrected chi connectivity index (χ3v) is 9.56. The van der Waals surface area contributed by atoms with Gasteiger partial charge in [0, 0.05) is 6.07 Å². The Morgan fingerprint density at radius 2 is 1.77 bits per heavy atom. The first kappa shape index (κ1) is 31.5. The molecule has 2 saturated heterocycles. The SMILES string of the molecule is COc1ccc(S(=O)(=O)NC(OC2CCCC2)[C@H](O)[C@H](Cc2ccccc2)NC(=O)O[C@H]2CO[C@H]3OCC[C@H]32)cc1OC. The summed E-state index contributed by atoms with van der Waals surface area (Å²) in [5, 5.41) is 14.5. The van der Waals surface area contributed by atoms with Gasteiger partial charge in [-0.2, -0.15) is 4.72 Å². The summed E-state index contributed by atoms with van der Waals surface area (Å²) in [5.41, 5.74) is 0.822. The highest BCUT2D eigenvalue weighted by Crippen LogP contribution is 2.33. The van der Waals surface area contributed by atoms with Crippen LogP contribution in [0.25, 0.3) is 0 Å². The van der Waals surface area contributed by atoms with E-state index < -0.39 is 46.9 Å². The lowest BCUT2D eigenvalue weighted by molar-refractivity contribution is -0.0912. The number of hydrogen-bond acceptors (Lipinski definition) is 10. The monoisotopic (exact) mass is 620 g/mol. The molecule has 0 spiro atoms. The number of carbonyl (C=O) groups is 1. The minimum atomic E-state index is -4.21. The Bertz CT molecular complexity index is 1320. The van der Waals surface area contributed by atoms with Crippen molar-refractivity contribution in [3.05, 3.63) is 54.1 Å². The zero-order chi connectivity index (χ0) is 30.4. The van der Waals surface area contributed by atoms with Crippen molar-refractivity contribution < 1.29 is 46.7 Å².